The van der Waals surface area contributed by atoms with Gasteiger partial charge >= 0.3 is 0 Å². The number of nitrogens with one attached hydrogen (secondary N) is 1. The molecule has 1 N–H and O–H groups in total. The summed E-state index contributed by atoms with van der Waals surface area (Å²) in [7, 11) is 4.68. The largest absolute Gasteiger partial charge is 0.494 e. The highest BCUT2D eigenvalue weighted by Gasteiger charge is 2.12. The molecule has 0 saturated carbocycles. The van der Waals surface area contributed by atoms with Crippen molar-refractivity contribution in [3.63, 3.8) is 0 Å². The number of benzene rings is 1. The van der Waals surface area contributed by atoms with E-state index >= 15 is 0 Å². The summed E-state index contributed by atoms with van der Waals surface area (Å²) in [5.74, 6) is -0.450. The highest BCUT2D eigenvalue weighted by molar-refractivity contribution is 5.94. The number of hydrogen-bond donors (Lipinski definition) is 1. The number of ether oxygens (including phenoxy) is 1. The minimum atomic E-state index is -0.482. The molecule has 0 bridgehead atoms. The van der Waals surface area contributed by atoms with Crippen LogP contribution in [0.15, 0.2) is 18.2 Å². The molecule has 1 aromatic carbocycles. The zero-order valence-corrected chi connectivity index (χ0v) is 10.8. The van der Waals surface area contributed by atoms with Crippen LogP contribution < -0.4 is 15.0 Å². The van der Waals surface area contributed by atoms with Crippen LogP contribution in [0.5, 0.6) is 5.75 Å². The van der Waals surface area contributed by atoms with Crippen molar-refractivity contribution in [1.29, 1.82) is 0 Å². The van der Waals surface area contributed by atoms with Crippen molar-refractivity contribution in [3.05, 3.63) is 24.0 Å². The molecule has 0 aromatic heterocycles. The first-order valence-electron chi connectivity index (χ1n) is 4.85. The molecule has 0 radical (unpaired) electrons. The molecule has 0 saturated heterocycles. The fraction of sp³-hybridized carbons (Fsp3) is 0.364. The number of methoxy groups -OCH3 is 1. The molecular formula is C11H16ClFN2O2. The number of rotatable bonds is 4. The Labute approximate surface area is 106 Å². The van der Waals surface area contributed by atoms with Gasteiger partial charge in [-0.3, -0.25) is 4.79 Å². The lowest BCUT2D eigenvalue weighted by Gasteiger charge is -2.17. The lowest BCUT2D eigenvalue weighted by atomic mass is 10.2. The van der Waals surface area contributed by atoms with Crippen molar-refractivity contribution in [2.24, 2.45) is 0 Å². The summed E-state index contributed by atoms with van der Waals surface area (Å²) in [6.45, 7) is 0.212. The molecule has 0 spiro atoms. The van der Waals surface area contributed by atoms with Crippen molar-refractivity contribution in [2.45, 2.75) is 0 Å². The Morgan fingerprint density at radius 3 is 2.65 bits per heavy atom. The topological polar surface area (TPSA) is 41.6 Å². The lowest BCUT2D eigenvalue weighted by molar-refractivity contribution is -0.117. The molecule has 1 aromatic rings. The average molecular weight is 263 g/mol. The Bertz CT molecular complexity index is 388. The smallest absolute Gasteiger partial charge is 0.240 e. The van der Waals surface area contributed by atoms with Gasteiger partial charge in [0.15, 0.2) is 11.6 Å². The van der Waals surface area contributed by atoms with Gasteiger partial charge in [0.2, 0.25) is 5.91 Å². The molecule has 0 atom stereocenters. The van der Waals surface area contributed by atoms with Crippen LogP contribution in [0.4, 0.5) is 10.1 Å². The first kappa shape index (κ1) is 15.7. The van der Waals surface area contributed by atoms with Crippen LogP contribution in [-0.4, -0.2) is 33.7 Å². The second-order valence-corrected chi connectivity index (χ2v) is 3.30. The van der Waals surface area contributed by atoms with Crippen molar-refractivity contribution < 1.29 is 13.9 Å². The molecule has 1 amide bonds. The Kier molecular flexibility index (Phi) is 6.53. The molecule has 0 fully saturated rings. The van der Waals surface area contributed by atoms with E-state index in [0.717, 1.165) is 0 Å². The molecule has 0 aliphatic heterocycles. The zero-order chi connectivity index (χ0) is 12.1. The van der Waals surface area contributed by atoms with Gasteiger partial charge in [0.05, 0.1) is 13.7 Å². The van der Waals surface area contributed by atoms with Gasteiger partial charge in [-0.25, -0.2) is 4.39 Å². The summed E-state index contributed by atoms with van der Waals surface area (Å²) in [5.41, 5.74) is 0.499. The van der Waals surface area contributed by atoms with Crippen molar-refractivity contribution in [1.82, 2.24) is 5.32 Å². The summed E-state index contributed by atoms with van der Waals surface area (Å²) in [4.78, 5) is 12.9. The number of carbonyl (C=O) groups is 1. The van der Waals surface area contributed by atoms with Crippen molar-refractivity contribution in [3.8, 4) is 5.75 Å². The predicted molar refractivity (Wildman–Crippen MR) is 67.5 cm³/mol. The number of carbonyl (C=O) groups excluding carboxylic acids is 1. The second-order valence-electron chi connectivity index (χ2n) is 3.30. The van der Waals surface area contributed by atoms with Crippen LogP contribution in [0.3, 0.4) is 0 Å². The third kappa shape index (κ3) is 3.87. The van der Waals surface area contributed by atoms with E-state index in [1.807, 2.05) is 0 Å². The Hall–Kier alpha value is -1.33. The van der Waals surface area contributed by atoms with Crippen LogP contribution in [0.25, 0.3) is 0 Å². The summed E-state index contributed by atoms with van der Waals surface area (Å²) in [5, 5.41) is 2.75. The van der Waals surface area contributed by atoms with Gasteiger partial charge in [0.25, 0.3) is 0 Å². The van der Waals surface area contributed by atoms with Gasteiger partial charge in [-0.2, -0.15) is 0 Å². The lowest BCUT2D eigenvalue weighted by Crippen LogP contribution is -2.34. The molecule has 0 heterocycles. The third-order valence-corrected chi connectivity index (χ3v) is 2.22. The second kappa shape index (κ2) is 7.09. The van der Waals surface area contributed by atoms with E-state index in [1.165, 1.54) is 24.1 Å². The molecule has 4 nitrogen and oxygen atoms in total. The highest BCUT2D eigenvalue weighted by Crippen LogP contribution is 2.22. The zero-order valence-electron chi connectivity index (χ0n) is 9.99. The summed E-state index contributed by atoms with van der Waals surface area (Å²) in [6, 6.07) is 4.40. The number of hydrogen-bond acceptors (Lipinski definition) is 3. The maximum absolute atomic E-state index is 13.4. The van der Waals surface area contributed by atoms with Crippen LogP contribution in [0, 0.1) is 5.82 Å². The maximum Gasteiger partial charge on any atom is 0.240 e. The van der Waals surface area contributed by atoms with E-state index in [2.05, 4.69) is 5.32 Å². The van der Waals surface area contributed by atoms with Gasteiger partial charge in [-0.05, 0) is 19.2 Å². The minimum Gasteiger partial charge on any atom is -0.494 e. The predicted octanol–water partition coefficient (Wildman–Crippen LogP) is 1.44. The standard InChI is InChI=1S/C11H15FN2O2.ClH/c1-13-7-11(15)14(2)8-4-5-10(16-3)9(12)6-8;/h4-6,13H,7H2,1-3H3;1H. The summed E-state index contributed by atoms with van der Waals surface area (Å²) < 4.78 is 18.2. The van der Waals surface area contributed by atoms with E-state index in [1.54, 1.807) is 20.2 Å². The molecule has 6 heteroatoms. The fourth-order valence-corrected chi connectivity index (χ4v) is 1.28. The third-order valence-electron chi connectivity index (χ3n) is 2.22. The molecule has 1 rings (SSSR count). The fourth-order valence-electron chi connectivity index (χ4n) is 1.28. The SMILES string of the molecule is CNCC(=O)N(C)c1ccc(OC)c(F)c1.Cl. The van der Waals surface area contributed by atoms with Gasteiger partial charge in [0.1, 0.15) is 0 Å². The number of amides is 1. The molecule has 17 heavy (non-hydrogen) atoms. The van der Waals surface area contributed by atoms with E-state index in [0.29, 0.717) is 5.69 Å². The Morgan fingerprint density at radius 2 is 2.18 bits per heavy atom. The average Bonchev–Trinajstić information content (AvgIpc) is 2.28. The molecule has 0 aliphatic carbocycles. The van der Waals surface area contributed by atoms with Crippen LogP contribution >= 0.6 is 12.4 Å². The van der Waals surface area contributed by atoms with E-state index < -0.39 is 5.82 Å². The summed E-state index contributed by atoms with van der Waals surface area (Å²) >= 11 is 0. The monoisotopic (exact) mass is 262 g/mol. The molecule has 96 valence electrons. The maximum atomic E-state index is 13.4. The highest BCUT2D eigenvalue weighted by atomic mass is 35.5. The van der Waals surface area contributed by atoms with Crippen LogP contribution in [0.2, 0.25) is 0 Å². The van der Waals surface area contributed by atoms with Crippen molar-refractivity contribution >= 4 is 24.0 Å². The van der Waals surface area contributed by atoms with E-state index in [4.69, 9.17) is 4.74 Å². The number of likely N-dealkylation sites (N-methyl/N-ethyl adjacent to an activating group) is 2. The number of nitrogens with zero attached hydrogens (tertiary/aromatic N) is 1. The van der Waals surface area contributed by atoms with E-state index in [9.17, 15) is 9.18 Å². The Balaban J connectivity index is 0.00000256. The van der Waals surface area contributed by atoms with Gasteiger partial charge in [0, 0.05) is 18.8 Å². The minimum absolute atomic E-state index is 0. The molecule has 0 aliphatic rings. The quantitative estimate of drug-likeness (QED) is 0.893. The van der Waals surface area contributed by atoms with Crippen LogP contribution in [-0.2, 0) is 4.79 Å². The summed E-state index contributed by atoms with van der Waals surface area (Å²) in [6.07, 6.45) is 0. The first-order valence-corrected chi connectivity index (χ1v) is 4.85. The van der Waals surface area contributed by atoms with Crippen LogP contribution in [0.1, 0.15) is 0 Å². The Morgan fingerprint density at radius 1 is 1.53 bits per heavy atom. The van der Waals surface area contributed by atoms with Gasteiger partial charge < -0.3 is 15.0 Å². The number of halogens is 2. The van der Waals surface area contributed by atoms with Gasteiger partial charge in [-0.1, -0.05) is 0 Å². The van der Waals surface area contributed by atoms with Gasteiger partial charge in [-0.15, -0.1) is 12.4 Å². The number of anilines is 1. The van der Waals surface area contributed by atoms with Crippen molar-refractivity contribution in [2.75, 3.05) is 32.6 Å². The molecule has 0 unspecified atom stereocenters. The normalized spacial score (nSPS) is 9.41. The first-order chi connectivity index (χ1) is 7.60. The molecular weight excluding hydrogens is 247 g/mol. The van der Waals surface area contributed by atoms with E-state index in [-0.39, 0.29) is 30.6 Å².